The molecule has 5 heteroatoms. The average Bonchev–Trinajstić information content (AvgIpc) is 2.78. The molecule has 0 unspecified atom stereocenters. The van der Waals surface area contributed by atoms with E-state index in [2.05, 4.69) is 15.2 Å². The molecule has 1 N–H and O–H groups in total. The molecule has 0 aliphatic carbocycles. The number of aromatic amines is 1. The normalized spacial score (nSPS) is 10.2. The molecule has 0 bridgehead atoms. The van der Waals surface area contributed by atoms with E-state index in [4.69, 9.17) is 4.74 Å². The van der Waals surface area contributed by atoms with Gasteiger partial charge in [-0.3, -0.25) is 5.10 Å². The smallest absolute Gasteiger partial charge is 0.244 e. The SMILES string of the molecule is COc1ccc(-c2nc(N(C)C)n[nH]2)cc1. The molecule has 2 aromatic rings. The van der Waals surface area contributed by atoms with Crippen molar-refractivity contribution in [1.29, 1.82) is 0 Å². The largest absolute Gasteiger partial charge is 0.497 e. The number of ether oxygens (including phenoxy) is 1. The third-order valence-electron chi connectivity index (χ3n) is 2.24. The molecule has 1 aromatic carbocycles. The van der Waals surface area contributed by atoms with Crippen LogP contribution in [0.4, 0.5) is 5.95 Å². The van der Waals surface area contributed by atoms with Gasteiger partial charge in [-0.25, -0.2) is 0 Å². The van der Waals surface area contributed by atoms with Crippen LogP contribution in [0.2, 0.25) is 0 Å². The summed E-state index contributed by atoms with van der Waals surface area (Å²) < 4.78 is 5.09. The fourth-order valence-corrected chi connectivity index (χ4v) is 1.33. The van der Waals surface area contributed by atoms with Crippen LogP contribution in [-0.4, -0.2) is 36.4 Å². The summed E-state index contributed by atoms with van der Waals surface area (Å²) in [5.74, 6) is 2.26. The van der Waals surface area contributed by atoms with Crippen molar-refractivity contribution in [2.75, 3.05) is 26.1 Å². The third kappa shape index (κ3) is 1.98. The zero-order valence-corrected chi connectivity index (χ0v) is 9.56. The molecular weight excluding hydrogens is 204 g/mol. The highest BCUT2D eigenvalue weighted by atomic mass is 16.5. The summed E-state index contributed by atoms with van der Waals surface area (Å²) in [6, 6.07) is 7.68. The van der Waals surface area contributed by atoms with Crippen molar-refractivity contribution in [3.63, 3.8) is 0 Å². The van der Waals surface area contributed by atoms with E-state index in [1.165, 1.54) is 0 Å². The van der Waals surface area contributed by atoms with Gasteiger partial charge in [0.1, 0.15) is 5.75 Å². The van der Waals surface area contributed by atoms with Gasteiger partial charge in [0.15, 0.2) is 5.82 Å². The molecule has 1 aromatic heterocycles. The van der Waals surface area contributed by atoms with Crippen molar-refractivity contribution in [3.05, 3.63) is 24.3 Å². The van der Waals surface area contributed by atoms with Crippen LogP contribution < -0.4 is 9.64 Å². The first-order valence-corrected chi connectivity index (χ1v) is 4.95. The Kier molecular flexibility index (Phi) is 2.76. The predicted octanol–water partition coefficient (Wildman–Crippen LogP) is 1.55. The van der Waals surface area contributed by atoms with Crippen molar-refractivity contribution in [2.24, 2.45) is 0 Å². The molecule has 0 amide bonds. The fourth-order valence-electron chi connectivity index (χ4n) is 1.33. The Bertz CT molecular complexity index is 461. The minimum atomic E-state index is 0.672. The van der Waals surface area contributed by atoms with Crippen molar-refractivity contribution >= 4 is 5.95 Å². The molecule has 0 atom stereocenters. The number of aromatic nitrogens is 3. The second kappa shape index (κ2) is 4.22. The molecule has 84 valence electrons. The number of rotatable bonds is 3. The fraction of sp³-hybridized carbons (Fsp3) is 0.273. The van der Waals surface area contributed by atoms with E-state index in [-0.39, 0.29) is 0 Å². The maximum absolute atomic E-state index is 5.09. The minimum Gasteiger partial charge on any atom is -0.497 e. The summed E-state index contributed by atoms with van der Waals surface area (Å²) in [4.78, 5) is 6.20. The molecule has 1 heterocycles. The number of nitrogens with one attached hydrogen (secondary N) is 1. The number of anilines is 1. The van der Waals surface area contributed by atoms with E-state index >= 15 is 0 Å². The summed E-state index contributed by atoms with van der Waals surface area (Å²) in [6.45, 7) is 0. The molecule has 0 aliphatic rings. The number of nitrogens with zero attached hydrogens (tertiary/aromatic N) is 3. The van der Waals surface area contributed by atoms with Crippen LogP contribution in [-0.2, 0) is 0 Å². The maximum Gasteiger partial charge on any atom is 0.244 e. The Labute approximate surface area is 94.1 Å². The Balaban J connectivity index is 2.28. The molecule has 16 heavy (non-hydrogen) atoms. The zero-order valence-electron chi connectivity index (χ0n) is 9.56. The lowest BCUT2D eigenvalue weighted by Gasteiger charge is -2.03. The van der Waals surface area contributed by atoms with Crippen molar-refractivity contribution in [2.45, 2.75) is 0 Å². The molecule has 0 radical (unpaired) electrons. The highest BCUT2D eigenvalue weighted by molar-refractivity contribution is 5.57. The molecule has 2 rings (SSSR count). The number of hydrogen-bond acceptors (Lipinski definition) is 4. The van der Waals surface area contributed by atoms with E-state index in [1.807, 2.05) is 43.3 Å². The van der Waals surface area contributed by atoms with Crippen LogP contribution in [0.1, 0.15) is 0 Å². The quantitative estimate of drug-likeness (QED) is 0.849. The van der Waals surface area contributed by atoms with E-state index in [0.29, 0.717) is 5.95 Å². The maximum atomic E-state index is 5.09. The highest BCUT2D eigenvalue weighted by Gasteiger charge is 2.06. The lowest BCUT2D eigenvalue weighted by Crippen LogP contribution is -2.10. The Morgan fingerprint density at radius 3 is 2.38 bits per heavy atom. The van der Waals surface area contributed by atoms with Crippen molar-refractivity contribution in [3.8, 4) is 17.1 Å². The number of H-pyrrole nitrogens is 1. The van der Waals surface area contributed by atoms with Crippen molar-refractivity contribution in [1.82, 2.24) is 15.2 Å². The second-order valence-electron chi connectivity index (χ2n) is 3.61. The molecule has 0 aliphatic heterocycles. The standard InChI is InChI=1S/C11H14N4O/c1-15(2)11-12-10(13-14-11)8-4-6-9(16-3)7-5-8/h4-7H,1-3H3,(H,12,13,14). The first kappa shape index (κ1) is 10.5. The Hall–Kier alpha value is -2.04. The lowest BCUT2D eigenvalue weighted by molar-refractivity contribution is 0.415. The summed E-state index contributed by atoms with van der Waals surface area (Å²) in [5.41, 5.74) is 0.987. The van der Waals surface area contributed by atoms with Gasteiger partial charge >= 0.3 is 0 Å². The van der Waals surface area contributed by atoms with Gasteiger partial charge in [-0.1, -0.05) is 0 Å². The summed E-state index contributed by atoms with van der Waals surface area (Å²) >= 11 is 0. The molecule has 0 saturated heterocycles. The number of hydrogen-bond donors (Lipinski definition) is 1. The predicted molar refractivity (Wildman–Crippen MR) is 62.7 cm³/mol. The van der Waals surface area contributed by atoms with Crippen LogP contribution in [0.3, 0.4) is 0 Å². The number of methoxy groups -OCH3 is 1. The average molecular weight is 218 g/mol. The minimum absolute atomic E-state index is 0.672. The van der Waals surface area contributed by atoms with E-state index in [0.717, 1.165) is 17.1 Å². The third-order valence-corrected chi connectivity index (χ3v) is 2.24. The molecule has 0 saturated carbocycles. The van der Waals surface area contributed by atoms with E-state index < -0.39 is 0 Å². The van der Waals surface area contributed by atoms with Gasteiger partial charge < -0.3 is 9.64 Å². The topological polar surface area (TPSA) is 54.0 Å². The van der Waals surface area contributed by atoms with Gasteiger partial charge in [-0.15, -0.1) is 5.10 Å². The van der Waals surface area contributed by atoms with Gasteiger partial charge in [0.2, 0.25) is 5.95 Å². The van der Waals surface area contributed by atoms with Gasteiger partial charge in [-0.05, 0) is 24.3 Å². The monoisotopic (exact) mass is 218 g/mol. The molecule has 0 fully saturated rings. The molecular formula is C11H14N4O. The molecule has 5 nitrogen and oxygen atoms in total. The first-order valence-electron chi connectivity index (χ1n) is 4.95. The van der Waals surface area contributed by atoms with Gasteiger partial charge in [0, 0.05) is 19.7 Å². The van der Waals surface area contributed by atoms with E-state index in [1.54, 1.807) is 7.11 Å². The lowest BCUT2D eigenvalue weighted by atomic mass is 10.2. The van der Waals surface area contributed by atoms with Gasteiger partial charge in [0.25, 0.3) is 0 Å². The summed E-state index contributed by atoms with van der Waals surface area (Å²) in [7, 11) is 5.45. The number of benzene rings is 1. The highest BCUT2D eigenvalue weighted by Crippen LogP contribution is 2.20. The van der Waals surface area contributed by atoms with E-state index in [9.17, 15) is 0 Å². The van der Waals surface area contributed by atoms with Crippen LogP contribution in [0.25, 0.3) is 11.4 Å². The first-order chi connectivity index (χ1) is 7.70. The second-order valence-corrected chi connectivity index (χ2v) is 3.61. The molecule has 0 spiro atoms. The van der Waals surface area contributed by atoms with Crippen LogP contribution in [0.5, 0.6) is 5.75 Å². The van der Waals surface area contributed by atoms with Gasteiger partial charge in [0.05, 0.1) is 7.11 Å². The van der Waals surface area contributed by atoms with Crippen LogP contribution >= 0.6 is 0 Å². The zero-order chi connectivity index (χ0) is 11.5. The summed E-state index contributed by atoms with van der Waals surface area (Å²) in [6.07, 6.45) is 0. The van der Waals surface area contributed by atoms with Crippen LogP contribution in [0.15, 0.2) is 24.3 Å². The van der Waals surface area contributed by atoms with Gasteiger partial charge in [-0.2, -0.15) is 4.98 Å². The van der Waals surface area contributed by atoms with Crippen molar-refractivity contribution < 1.29 is 4.74 Å². The summed E-state index contributed by atoms with van der Waals surface area (Å²) in [5, 5.41) is 6.99. The Morgan fingerprint density at radius 2 is 1.88 bits per heavy atom. The van der Waals surface area contributed by atoms with Crippen LogP contribution in [0, 0.1) is 0 Å². The Morgan fingerprint density at radius 1 is 1.19 bits per heavy atom.